The summed E-state index contributed by atoms with van der Waals surface area (Å²) in [7, 11) is 1.41. The van der Waals surface area contributed by atoms with Crippen LogP contribution < -0.4 is 15.0 Å². The minimum atomic E-state index is -1.12. The number of amides is 2. The molecule has 0 unspecified atom stereocenters. The van der Waals surface area contributed by atoms with Crippen LogP contribution in [0.3, 0.4) is 0 Å². The van der Waals surface area contributed by atoms with Crippen molar-refractivity contribution in [1.29, 1.82) is 0 Å². The first-order chi connectivity index (χ1) is 14.9. The van der Waals surface area contributed by atoms with E-state index in [1.165, 1.54) is 31.4 Å². The van der Waals surface area contributed by atoms with Gasteiger partial charge in [0.15, 0.2) is 11.6 Å². The minimum Gasteiger partial charge on any atom is -0.496 e. The van der Waals surface area contributed by atoms with Crippen LogP contribution in [0.15, 0.2) is 72.4 Å². The topological polar surface area (TPSA) is 58.6 Å². The number of carbonyl (C=O) groups is 2. The van der Waals surface area contributed by atoms with Gasteiger partial charge in [0.2, 0.25) is 0 Å². The fourth-order valence-electron chi connectivity index (χ4n) is 3.31. The number of ether oxygens (including phenoxy) is 1. The molecule has 2 amide bonds. The Morgan fingerprint density at radius 3 is 2.32 bits per heavy atom. The first-order valence-electron chi connectivity index (χ1n) is 9.15. The van der Waals surface area contributed by atoms with Crippen molar-refractivity contribution in [2.24, 2.45) is 0 Å². The highest BCUT2D eigenvalue weighted by molar-refractivity contribution is 6.46. The zero-order chi connectivity index (χ0) is 22.1. The number of para-hydroxylation sites is 1. The van der Waals surface area contributed by atoms with E-state index in [0.29, 0.717) is 11.3 Å². The Hall–Kier alpha value is -4.07. The molecule has 0 fully saturated rings. The van der Waals surface area contributed by atoms with E-state index in [1.807, 2.05) is 0 Å². The van der Waals surface area contributed by atoms with Crippen molar-refractivity contribution < 1.29 is 27.5 Å². The quantitative estimate of drug-likeness (QED) is 0.613. The number of hydrogen-bond acceptors (Lipinski definition) is 4. The van der Waals surface area contributed by atoms with E-state index in [2.05, 4.69) is 5.32 Å². The molecule has 0 spiro atoms. The lowest BCUT2D eigenvalue weighted by Crippen LogP contribution is -2.32. The van der Waals surface area contributed by atoms with Gasteiger partial charge in [0.25, 0.3) is 11.8 Å². The summed E-state index contributed by atoms with van der Waals surface area (Å²) in [5.74, 6) is -3.97. The van der Waals surface area contributed by atoms with Crippen LogP contribution in [-0.2, 0) is 9.59 Å². The van der Waals surface area contributed by atoms with E-state index in [-0.39, 0.29) is 22.6 Å². The summed E-state index contributed by atoms with van der Waals surface area (Å²) in [6.07, 6.45) is 0. The van der Waals surface area contributed by atoms with Crippen LogP contribution in [-0.4, -0.2) is 18.9 Å². The first-order valence-corrected chi connectivity index (χ1v) is 9.15. The van der Waals surface area contributed by atoms with Crippen LogP contribution in [0.25, 0.3) is 5.57 Å². The van der Waals surface area contributed by atoms with Gasteiger partial charge >= 0.3 is 0 Å². The van der Waals surface area contributed by atoms with Crippen molar-refractivity contribution in [2.45, 2.75) is 0 Å². The van der Waals surface area contributed by atoms with E-state index in [1.54, 1.807) is 24.3 Å². The summed E-state index contributed by atoms with van der Waals surface area (Å²) in [5, 5.41) is 2.71. The van der Waals surface area contributed by atoms with Gasteiger partial charge in [-0.05, 0) is 36.4 Å². The molecule has 5 nitrogen and oxygen atoms in total. The number of anilines is 2. The third kappa shape index (κ3) is 3.63. The fourth-order valence-corrected chi connectivity index (χ4v) is 3.31. The molecule has 0 bridgehead atoms. The third-order valence-corrected chi connectivity index (χ3v) is 4.72. The van der Waals surface area contributed by atoms with Crippen LogP contribution in [0.1, 0.15) is 5.56 Å². The third-order valence-electron chi connectivity index (χ3n) is 4.72. The second-order valence-electron chi connectivity index (χ2n) is 6.63. The lowest BCUT2D eigenvalue weighted by atomic mass is 10.0. The molecule has 3 aromatic carbocycles. The molecule has 4 rings (SSSR count). The minimum absolute atomic E-state index is 0.0319. The number of methoxy groups -OCH3 is 1. The molecule has 156 valence electrons. The Balaban J connectivity index is 1.87. The van der Waals surface area contributed by atoms with Crippen LogP contribution in [0.4, 0.5) is 24.5 Å². The van der Waals surface area contributed by atoms with Gasteiger partial charge in [0.05, 0.1) is 18.4 Å². The van der Waals surface area contributed by atoms with Gasteiger partial charge in [-0.3, -0.25) is 9.59 Å². The summed E-state index contributed by atoms with van der Waals surface area (Å²) in [6.45, 7) is 0. The zero-order valence-electron chi connectivity index (χ0n) is 16.2. The maximum absolute atomic E-state index is 13.8. The highest BCUT2D eigenvalue weighted by Crippen LogP contribution is 2.37. The molecule has 0 atom stereocenters. The normalized spacial score (nSPS) is 13.7. The molecular formula is C23H15F3N2O3. The number of imide groups is 1. The van der Waals surface area contributed by atoms with Crippen molar-refractivity contribution in [3.8, 4) is 5.75 Å². The largest absolute Gasteiger partial charge is 0.496 e. The molecule has 1 aliphatic rings. The number of nitrogens with zero attached hydrogens (tertiary/aromatic N) is 1. The maximum atomic E-state index is 13.8. The van der Waals surface area contributed by atoms with Gasteiger partial charge in [-0.15, -0.1) is 0 Å². The van der Waals surface area contributed by atoms with Crippen LogP contribution in [0.2, 0.25) is 0 Å². The molecule has 3 aromatic rings. The van der Waals surface area contributed by atoms with Gasteiger partial charge in [-0.25, -0.2) is 18.1 Å². The number of carbonyl (C=O) groups excluding carboxylic acids is 2. The van der Waals surface area contributed by atoms with Crippen LogP contribution in [0.5, 0.6) is 5.75 Å². The average Bonchev–Trinajstić information content (AvgIpc) is 3.00. The number of benzene rings is 3. The molecule has 8 heteroatoms. The lowest BCUT2D eigenvalue weighted by molar-refractivity contribution is -0.120. The van der Waals surface area contributed by atoms with Gasteiger partial charge in [0.1, 0.15) is 17.3 Å². The monoisotopic (exact) mass is 424 g/mol. The van der Waals surface area contributed by atoms with Gasteiger partial charge < -0.3 is 10.1 Å². The first kappa shape index (κ1) is 20.2. The summed E-state index contributed by atoms with van der Waals surface area (Å²) in [5.41, 5.74) is 0.182. The molecule has 0 saturated carbocycles. The highest BCUT2D eigenvalue weighted by atomic mass is 19.2. The molecule has 1 heterocycles. The van der Waals surface area contributed by atoms with E-state index < -0.39 is 29.3 Å². The summed E-state index contributed by atoms with van der Waals surface area (Å²) < 4.78 is 46.1. The van der Waals surface area contributed by atoms with E-state index in [0.717, 1.165) is 23.1 Å². The van der Waals surface area contributed by atoms with E-state index in [4.69, 9.17) is 4.74 Å². The van der Waals surface area contributed by atoms with Crippen LogP contribution >= 0.6 is 0 Å². The molecule has 1 aliphatic heterocycles. The van der Waals surface area contributed by atoms with Crippen molar-refractivity contribution in [1.82, 2.24) is 0 Å². The molecule has 1 N–H and O–H groups in total. The molecule has 0 radical (unpaired) electrons. The van der Waals surface area contributed by atoms with Gasteiger partial charge in [-0.2, -0.15) is 0 Å². The lowest BCUT2D eigenvalue weighted by Gasteiger charge is -2.15. The number of halogens is 3. The number of hydrogen-bond donors (Lipinski definition) is 1. The van der Waals surface area contributed by atoms with Crippen LogP contribution in [0, 0.1) is 17.5 Å². The summed E-state index contributed by atoms with van der Waals surface area (Å²) >= 11 is 0. The molecular weight excluding hydrogens is 409 g/mol. The van der Waals surface area contributed by atoms with E-state index >= 15 is 0 Å². The second-order valence-corrected chi connectivity index (χ2v) is 6.63. The Kier molecular flexibility index (Phi) is 5.21. The smallest absolute Gasteiger partial charge is 0.282 e. The van der Waals surface area contributed by atoms with Gasteiger partial charge in [0, 0.05) is 17.3 Å². The van der Waals surface area contributed by atoms with Crippen molar-refractivity contribution in [3.63, 3.8) is 0 Å². The molecule has 0 aromatic heterocycles. The summed E-state index contributed by atoms with van der Waals surface area (Å²) in [4.78, 5) is 27.3. The van der Waals surface area contributed by atoms with E-state index in [9.17, 15) is 22.8 Å². The standard InChI is InChI=1S/C23H15F3N2O3/c1-31-19-8-3-2-7-16(19)20-21(27-14-9-10-17(25)18(26)12-14)23(30)28(22(20)29)15-6-4-5-13(24)11-15/h2-12,27H,1H3. The molecule has 0 aliphatic carbocycles. The highest BCUT2D eigenvalue weighted by Gasteiger charge is 2.41. The van der Waals surface area contributed by atoms with Crippen molar-refractivity contribution >= 4 is 28.8 Å². The number of rotatable bonds is 5. The average molecular weight is 424 g/mol. The predicted molar refractivity (Wildman–Crippen MR) is 109 cm³/mol. The summed E-state index contributed by atoms with van der Waals surface area (Å²) in [6, 6.07) is 14.6. The SMILES string of the molecule is COc1ccccc1C1=C(Nc2ccc(F)c(F)c2)C(=O)N(c2cccc(F)c2)C1=O. The number of nitrogens with one attached hydrogen (secondary N) is 1. The molecule has 0 saturated heterocycles. The second kappa shape index (κ2) is 7.98. The molecule has 31 heavy (non-hydrogen) atoms. The Labute approximate surface area is 175 Å². The fraction of sp³-hybridized carbons (Fsp3) is 0.0435. The Morgan fingerprint density at radius 2 is 1.61 bits per heavy atom. The Morgan fingerprint density at radius 1 is 0.839 bits per heavy atom. The maximum Gasteiger partial charge on any atom is 0.282 e. The zero-order valence-corrected chi connectivity index (χ0v) is 16.2. The van der Waals surface area contributed by atoms with Crippen molar-refractivity contribution in [2.75, 3.05) is 17.3 Å². The predicted octanol–water partition coefficient (Wildman–Crippen LogP) is 4.51. The Bertz CT molecular complexity index is 1240. The van der Waals surface area contributed by atoms with Crippen molar-refractivity contribution in [3.05, 3.63) is 95.4 Å². The van der Waals surface area contributed by atoms with Gasteiger partial charge in [-0.1, -0.05) is 24.3 Å².